The minimum Gasteiger partial charge on any atom is -0.438 e. The molecule has 0 radical (unpaired) electrons. The summed E-state index contributed by atoms with van der Waals surface area (Å²) in [6, 6.07) is 12.3. The lowest BCUT2D eigenvalue weighted by molar-refractivity contribution is 0.262. The van der Waals surface area contributed by atoms with Crippen LogP contribution in [0.1, 0.15) is 11.4 Å². The second kappa shape index (κ2) is 8.80. The molecule has 0 unspecified atom stereocenters. The Morgan fingerprint density at radius 2 is 1.66 bits per heavy atom. The molecule has 0 saturated carbocycles. The van der Waals surface area contributed by atoms with Crippen molar-refractivity contribution in [1.82, 2.24) is 19.7 Å². The highest BCUT2D eigenvalue weighted by Crippen LogP contribution is 2.23. The van der Waals surface area contributed by atoms with Gasteiger partial charge in [-0.25, -0.2) is 18.6 Å². The summed E-state index contributed by atoms with van der Waals surface area (Å²) in [4.78, 5) is 16.3. The van der Waals surface area contributed by atoms with Gasteiger partial charge in [0, 0.05) is 17.4 Å². The molecule has 2 aromatic carbocycles. The second-order valence-corrected chi connectivity index (χ2v) is 6.82. The average molecular weight is 436 g/mol. The standard InChI is InChI=1S/C22H18F2N6O2/c1-13-14(2)30(12-25-13)19-10-11-20(29-28-19)32-16-8-6-15(7-9-16)26-22(31)27-21-17(23)4-3-5-18(21)24/h3-12H,1-2H3,(H2,26,27,31). The van der Waals surface area contributed by atoms with Crippen LogP contribution in [0.3, 0.4) is 0 Å². The Balaban J connectivity index is 1.37. The van der Waals surface area contributed by atoms with E-state index in [0.29, 0.717) is 17.3 Å². The van der Waals surface area contributed by atoms with Crippen LogP contribution in [0.2, 0.25) is 0 Å². The molecular weight excluding hydrogens is 418 g/mol. The van der Waals surface area contributed by atoms with Crippen molar-refractivity contribution < 1.29 is 18.3 Å². The van der Waals surface area contributed by atoms with Crippen molar-refractivity contribution in [3.05, 3.63) is 83.9 Å². The maximum atomic E-state index is 13.6. The Morgan fingerprint density at radius 1 is 0.938 bits per heavy atom. The van der Waals surface area contributed by atoms with E-state index in [2.05, 4.69) is 25.8 Å². The molecule has 0 bridgehead atoms. The molecule has 10 heteroatoms. The highest BCUT2D eigenvalue weighted by Gasteiger charge is 2.12. The molecule has 8 nitrogen and oxygen atoms in total. The lowest BCUT2D eigenvalue weighted by Crippen LogP contribution is -2.20. The van der Waals surface area contributed by atoms with E-state index >= 15 is 0 Å². The SMILES string of the molecule is Cc1ncn(-c2ccc(Oc3ccc(NC(=O)Nc4c(F)cccc4F)cc3)nn2)c1C. The number of aryl methyl sites for hydroxylation is 1. The molecule has 4 aromatic rings. The zero-order chi connectivity index (χ0) is 22.7. The Hall–Kier alpha value is -4.34. The molecule has 0 atom stereocenters. The lowest BCUT2D eigenvalue weighted by atomic mass is 10.3. The summed E-state index contributed by atoms with van der Waals surface area (Å²) in [6.45, 7) is 3.86. The molecular formula is C22H18F2N6O2. The largest absolute Gasteiger partial charge is 0.438 e. The monoisotopic (exact) mass is 436 g/mol. The van der Waals surface area contributed by atoms with Crippen molar-refractivity contribution in [2.24, 2.45) is 0 Å². The first-order valence-corrected chi connectivity index (χ1v) is 9.55. The Morgan fingerprint density at radius 3 is 2.25 bits per heavy atom. The van der Waals surface area contributed by atoms with Crippen molar-refractivity contribution in [3.8, 4) is 17.4 Å². The van der Waals surface area contributed by atoms with Crippen molar-refractivity contribution in [1.29, 1.82) is 0 Å². The van der Waals surface area contributed by atoms with Gasteiger partial charge in [0.25, 0.3) is 0 Å². The number of urea groups is 1. The number of amides is 2. The Kier molecular flexibility index (Phi) is 5.75. The van der Waals surface area contributed by atoms with Crippen LogP contribution in [0, 0.1) is 25.5 Å². The number of aromatic nitrogens is 4. The van der Waals surface area contributed by atoms with Crippen molar-refractivity contribution in [3.63, 3.8) is 0 Å². The van der Waals surface area contributed by atoms with Crippen LogP contribution in [0.25, 0.3) is 5.82 Å². The van der Waals surface area contributed by atoms with E-state index in [9.17, 15) is 13.6 Å². The van der Waals surface area contributed by atoms with Gasteiger partial charge in [0.1, 0.15) is 29.4 Å². The van der Waals surface area contributed by atoms with Crippen LogP contribution in [0.15, 0.2) is 60.9 Å². The topological polar surface area (TPSA) is 94.0 Å². The average Bonchev–Trinajstić information content (AvgIpc) is 3.11. The number of imidazole rings is 1. The second-order valence-electron chi connectivity index (χ2n) is 6.82. The maximum absolute atomic E-state index is 13.6. The number of para-hydroxylation sites is 1. The van der Waals surface area contributed by atoms with E-state index in [0.717, 1.165) is 23.5 Å². The number of halogens is 2. The summed E-state index contributed by atoms with van der Waals surface area (Å²) in [5.41, 5.74) is 1.76. The van der Waals surface area contributed by atoms with E-state index < -0.39 is 23.4 Å². The number of nitrogens with one attached hydrogen (secondary N) is 2. The van der Waals surface area contributed by atoms with Gasteiger partial charge in [0.15, 0.2) is 5.82 Å². The molecule has 0 saturated heterocycles. The number of hydrogen-bond acceptors (Lipinski definition) is 5. The van der Waals surface area contributed by atoms with E-state index in [1.54, 1.807) is 42.7 Å². The van der Waals surface area contributed by atoms with Crippen LogP contribution in [-0.4, -0.2) is 25.8 Å². The molecule has 2 N–H and O–H groups in total. The zero-order valence-electron chi connectivity index (χ0n) is 17.1. The van der Waals surface area contributed by atoms with Gasteiger partial charge in [-0.05, 0) is 56.3 Å². The number of anilines is 2. The first-order valence-electron chi connectivity index (χ1n) is 9.55. The van der Waals surface area contributed by atoms with Crippen molar-refractivity contribution in [2.45, 2.75) is 13.8 Å². The van der Waals surface area contributed by atoms with Gasteiger partial charge in [-0.2, -0.15) is 0 Å². The van der Waals surface area contributed by atoms with Gasteiger partial charge in [0.05, 0.1) is 5.69 Å². The fourth-order valence-corrected chi connectivity index (χ4v) is 2.85. The molecule has 32 heavy (non-hydrogen) atoms. The van der Waals surface area contributed by atoms with Gasteiger partial charge in [0.2, 0.25) is 5.88 Å². The summed E-state index contributed by atoms with van der Waals surface area (Å²) in [5, 5.41) is 12.9. The number of ether oxygens (including phenoxy) is 1. The van der Waals surface area contributed by atoms with Crippen molar-refractivity contribution in [2.75, 3.05) is 10.6 Å². The molecule has 0 spiro atoms. The van der Waals surface area contributed by atoms with Crippen LogP contribution < -0.4 is 15.4 Å². The molecule has 2 amide bonds. The van der Waals surface area contributed by atoms with Crippen LogP contribution in [-0.2, 0) is 0 Å². The van der Waals surface area contributed by atoms with E-state index in [-0.39, 0.29) is 5.88 Å². The van der Waals surface area contributed by atoms with E-state index in [1.165, 1.54) is 6.07 Å². The number of rotatable bonds is 5. The Labute approximate surface area is 181 Å². The van der Waals surface area contributed by atoms with Crippen LogP contribution in [0.4, 0.5) is 25.0 Å². The van der Waals surface area contributed by atoms with Gasteiger partial charge >= 0.3 is 6.03 Å². The molecule has 0 fully saturated rings. The summed E-state index contributed by atoms with van der Waals surface area (Å²) in [5.74, 6) is -0.361. The third-order valence-electron chi connectivity index (χ3n) is 4.66. The van der Waals surface area contributed by atoms with Gasteiger partial charge in [-0.15, -0.1) is 10.2 Å². The predicted octanol–water partition coefficient (Wildman–Crippen LogP) is 4.99. The maximum Gasteiger partial charge on any atom is 0.323 e. The molecule has 162 valence electrons. The van der Waals surface area contributed by atoms with E-state index in [1.807, 2.05) is 18.4 Å². The van der Waals surface area contributed by atoms with E-state index in [4.69, 9.17) is 4.74 Å². The number of carbonyl (C=O) groups excluding carboxylic acids is 1. The fourth-order valence-electron chi connectivity index (χ4n) is 2.85. The smallest absolute Gasteiger partial charge is 0.323 e. The number of benzene rings is 2. The van der Waals surface area contributed by atoms with Gasteiger partial charge in [-0.1, -0.05) is 6.07 Å². The molecule has 0 aliphatic rings. The first kappa shape index (κ1) is 20.9. The minimum absolute atomic E-state index is 0.289. The number of nitrogens with zero attached hydrogens (tertiary/aromatic N) is 4. The normalized spacial score (nSPS) is 10.6. The summed E-state index contributed by atoms with van der Waals surface area (Å²) >= 11 is 0. The van der Waals surface area contributed by atoms with Crippen LogP contribution in [0.5, 0.6) is 11.6 Å². The minimum atomic E-state index is -0.866. The molecule has 2 heterocycles. The highest BCUT2D eigenvalue weighted by molar-refractivity contribution is 5.99. The van der Waals surface area contributed by atoms with Crippen molar-refractivity contribution >= 4 is 17.4 Å². The first-order chi connectivity index (χ1) is 15.4. The Bertz CT molecular complexity index is 1240. The van der Waals surface area contributed by atoms with Gasteiger partial charge in [-0.3, -0.25) is 4.57 Å². The lowest BCUT2D eigenvalue weighted by Gasteiger charge is -2.10. The molecule has 0 aliphatic heterocycles. The number of hydrogen-bond donors (Lipinski definition) is 2. The molecule has 0 aliphatic carbocycles. The third kappa shape index (κ3) is 4.53. The third-order valence-corrected chi connectivity index (χ3v) is 4.66. The van der Waals surface area contributed by atoms with Gasteiger partial charge < -0.3 is 15.4 Å². The number of carbonyl (C=O) groups is 1. The van der Waals surface area contributed by atoms with Crippen LogP contribution >= 0.6 is 0 Å². The quantitative estimate of drug-likeness (QED) is 0.460. The highest BCUT2D eigenvalue weighted by atomic mass is 19.1. The summed E-state index contributed by atoms with van der Waals surface area (Å²) in [6.07, 6.45) is 1.68. The fraction of sp³-hybridized carbons (Fsp3) is 0.0909. The molecule has 2 aromatic heterocycles. The zero-order valence-corrected chi connectivity index (χ0v) is 17.1. The summed E-state index contributed by atoms with van der Waals surface area (Å²) in [7, 11) is 0. The molecule has 4 rings (SSSR count). The predicted molar refractivity (Wildman–Crippen MR) is 114 cm³/mol. The summed E-state index contributed by atoms with van der Waals surface area (Å²) < 4.78 is 34.8.